The van der Waals surface area contributed by atoms with Crippen molar-refractivity contribution >= 4 is 15.5 Å². The maximum atomic E-state index is 12.2. The number of hydrogen-bond acceptors (Lipinski definition) is 4. The topological polar surface area (TPSA) is 69.4 Å². The minimum Gasteiger partial charge on any atom is -0.495 e. The van der Waals surface area contributed by atoms with Gasteiger partial charge in [-0.25, -0.2) is 8.42 Å². The van der Waals surface area contributed by atoms with E-state index in [-0.39, 0.29) is 10.6 Å². The molecule has 0 aliphatic carbocycles. The summed E-state index contributed by atoms with van der Waals surface area (Å²) in [5.74, 6) is 0.485. The zero-order chi connectivity index (χ0) is 13.6. The molecule has 0 amide bonds. The average molecular weight is 271 g/mol. The molecule has 0 saturated carbocycles. The molecule has 0 spiro atoms. The van der Waals surface area contributed by atoms with Gasteiger partial charge in [-0.3, -0.25) is 0 Å². The van der Waals surface area contributed by atoms with Crippen LogP contribution in [0.25, 0.3) is 0 Å². The van der Waals surface area contributed by atoms with Crippen molar-refractivity contribution in [2.75, 3.05) is 18.6 Å². The van der Waals surface area contributed by atoms with E-state index in [2.05, 4.69) is 6.92 Å². The molecule has 0 radical (unpaired) electrons. The van der Waals surface area contributed by atoms with Gasteiger partial charge in [-0.1, -0.05) is 26.2 Å². The maximum absolute atomic E-state index is 12.2. The largest absolute Gasteiger partial charge is 0.495 e. The van der Waals surface area contributed by atoms with E-state index >= 15 is 0 Å². The van der Waals surface area contributed by atoms with E-state index in [1.54, 1.807) is 12.1 Å². The molecule has 0 aliphatic rings. The van der Waals surface area contributed by atoms with E-state index < -0.39 is 9.84 Å². The van der Waals surface area contributed by atoms with Crippen molar-refractivity contribution < 1.29 is 13.2 Å². The molecular weight excluding hydrogens is 250 g/mol. The van der Waals surface area contributed by atoms with Crippen molar-refractivity contribution in [1.82, 2.24) is 0 Å². The molecule has 5 heteroatoms. The number of anilines is 1. The number of benzene rings is 1. The molecule has 0 aromatic heterocycles. The van der Waals surface area contributed by atoms with Gasteiger partial charge >= 0.3 is 0 Å². The number of unbranched alkanes of at least 4 members (excludes halogenated alkanes) is 3. The standard InChI is InChI=1S/C13H21NO3S/c1-3-4-5-6-9-18(15,16)13-8-7-11(14)10-12(13)17-2/h7-8,10H,3-6,9,14H2,1-2H3. The summed E-state index contributed by atoms with van der Waals surface area (Å²) >= 11 is 0. The third-order valence-electron chi connectivity index (χ3n) is 2.79. The highest BCUT2D eigenvalue weighted by atomic mass is 32.2. The minimum absolute atomic E-state index is 0.160. The first-order chi connectivity index (χ1) is 8.51. The van der Waals surface area contributed by atoms with Crippen LogP contribution in [0, 0.1) is 0 Å². The molecule has 0 atom stereocenters. The molecule has 0 aliphatic heterocycles. The Kier molecular flexibility index (Phi) is 5.47. The number of sulfone groups is 1. The van der Waals surface area contributed by atoms with Gasteiger partial charge in [-0.05, 0) is 18.6 Å². The Labute approximate surface area is 109 Å². The number of nitrogens with two attached hydrogens (primary N) is 1. The lowest BCUT2D eigenvalue weighted by molar-refractivity contribution is 0.403. The molecule has 1 aromatic rings. The van der Waals surface area contributed by atoms with Crippen LogP contribution in [0.5, 0.6) is 5.75 Å². The van der Waals surface area contributed by atoms with Gasteiger partial charge in [0.25, 0.3) is 0 Å². The number of methoxy groups -OCH3 is 1. The molecule has 0 bridgehead atoms. The first-order valence-corrected chi connectivity index (χ1v) is 7.82. The zero-order valence-corrected chi connectivity index (χ0v) is 11.8. The second kappa shape index (κ2) is 6.64. The summed E-state index contributed by atoms with van der Waals surface area (Å²) < 4.78 is 29.4. The summed E-state index contributed by atoms with van der Waals surface area (Å²) in [6.07, 6.45) is 3.77. The highest BCUT2D eigenvalue weighted by molar-refractivity contribution is 7.91. The monoisotopic (exact) mass is 271 g/mol. The van der Waals surface area contributed by atoms with Crippen molar-refractivity contribution in [3.8, 4) is 5.75 Å². The van der Waals surface area contributed by atoms with Gasteiger partial charge in [0.2, 0.25) is 0 Å². The Hall–Kier alpha value is -1.23. The van der Waals surface area contributed by atoms with E-state index in [1.165, 1.54) is 13.2 Å². The van der Waals surface area contributed by atoms with E-state index in [0.717, 1.165) is 19.3 Å². The van der Waals surface area contributed by atoms with E-state index in [9.17, 15) is 8.42 Å². The molecule has 0 fully saturated rings. The van der Waals surface area contributed by atoms with E-state index in [1.807, 2.05) is 0 Å². The molecule has 2 N–H and O–H groups in total. The minimum atomic E-state index is -3.28. The number of rotatable bonds is 7. The summed E-state index contributed by atoms with van der Waals surface area (Å²) in [7, 11) is -1.83. The number of hydrogen-bond donors (Lipinski definition) is 1. The van der Waals surface area contributed by atoms with Gasteiger partial charge in [-0.2, -0.15) is 0 Å². The summed E-state index contributed by atoms with van der Waals surface area (Å²) in [5, 5.41) is 0. The fourth-order valence-electron chi connectivity index (χ4n) is 1.77. The quantitative estimate of drug-likeness (QED) is 0.611. The SMILES string of the molecule is CCCCCCS(=O)(=O)c1ccc(N)cc1OC. The molecule has 102 valence electrons. The van der Waals surface area contributed by atoms with Crippen molar-refractivity contribution in [2.24, 2.45) is 0 Å². The molecular formula is C13H21NO3S. The first kappa shape index (κ1) is 14.8. The Morgan fingerprint density at radius 3 is 2.56 bits per heavy atom. The summed E-state index contributed by atoms with van der Waals surface area (Å²) in [5.41, 5.74) is 6.11. The Morgan fingerprint density at radius 1 is 1.22 bits per heavy atom. The summed E-state index contributed by atoms with van der Waals surface area (Å²) in [4.78, 5) is 0.232. The predicted molar refractivity (Wildman–Crippen MR) is 73.6 cm³/mol. The van der Waals surface area contributed by atoms with Gasteiger partial charge < -0.3 is 10.5 Å². The van der Waals surface area contributed by atoms with Gasteiger partial charge in [0.15, 0.2) is 9.84 Å². The molecule has 0 unspecified atom stereocenters. The van der Waals surface area contributed by atoms with Crippen LogP contribution in [0.1, 0.15) is 32.6 Å². The lowest BCUT2D eigenvalue weighted by Crippen LogP contribution is -2.09. The highest BCUT2D eigenvalue weighted by Crippen LogP contribution is 2.27. The normalized spacial score (nSPS) is 11.4. The Morgan fingerprint density at radius 2 is 1.94 bits per heavy atom. The Balaban J connectivity index is 2.84. The fraction of sp³-hybridized carbons (Fsp3) is 0.538. The second-order valence-corrected chi connectivity index (χ2v) is 6.37. The van der Waals surface area contributed by atoms with Gasteiger partial charge in [0.1, 0.15) is 10.6 Å². The third kappa shape index (κ3) is 3.91. The van der Waals surface area contributed by atoms with Crippen molar-refractivity contribution in [1.29, 1.82) is 0 Å². The van der Waals surface area contributed by atoms with Gasteiger partial charge in [0.05, 0.1) is 12.9 Å². The van der Waals surface area contributed by atoms with Crippen molar-refractivity contribution in [3.63, 3.8) is 0 Å². The van der Waals surface area contributed by atoms with Gasteiger partial charge in [0, 0.05) is 11.8 Å². The lowest BCUT2D eigenvalue weighted by atomic mass is 10.2. The van der Waals surface area contributed by atoms with Crippen LogP contribution < -0.4 is 10.5 Å². The molecule has 4 nitrogen and oxygen atoms in total. The van der Waals surface area contributed by atoms with Crippen LogP contribution in [0.15, 0.2) is 23.1 Å². The van der Waals surface area contributed by atoms with Crippen LogP contribution >= 0.6 is 0 Å². The smallest absolute Gasteiger partial charge is 0.182 e. The van der Waals surface area contributed by atoms with Crippen LogP contribution in [0.4, 0.5) is 5.69 Å². The third-order valence-corrected chi connectivity index (χ3v) is 4.62. The lowest BCUT2D eigenvalue weighted by Gasteiger charge is -2.10. The number of nitrogen functional groups attached to an aromatic ring is 1. The van der Waals surface area contributed by atoms with Crippen LogP contribution in [-0.2, 0) is 9.84 Å². The summed E-state index contributed by atoms with van der Waals surface area (Å²) in [6, 6.07) is 4.64. The zero-order valence-electron chi connectivity index (χ0n) is 11.0. The highest BCUT2D eigenvalue weighted by Gasteiger charge is 2.19. The predicted octanol–water partition coefficient (Wildman–Crippen LogP) is 2.63. The van der Waals surface area contributed by atoms with E-state index in [0.29, 0.717) is 17.9 Å². The van der Waals surface area contributed by atoms with Crippen LogP contribution in [0.3, 0.4) is 0 Å². The molecule has 1 rings (SSSR count). The number of ether oxygens (including phenoxy) is 1. The first-order valence-electron chi connectivity index (χ1n) is 6.17. The molecule has 1 aromatic carbocycles. The van der Waals surface area contributed by atoms with Crippen molar-refractivity contribution in [3.05, 3.63) is 18.2 Å². The summed E-state index contributed by atoms with van der Waals surface area (Å²) in [6.45, 7) is 2.09. The van der Waals surface area contributed by atoms with Crippen LogP contribution in [0.2, 0.25) is 0 Å². The maximum Gasteiger partial charge on any atom is 0.182 e. The second-order valence-electron chi connectivity index (χ2n) is 4.29. The molecule has 0 saturated heterocycles. The van der Waals surface area contributed by atoms with Gasteiger partial charge in [-0.15, -0.1) is 0 Å². The average Bonchev–Trinajstić information content (AvgIpc) is 2.34. The van der Waals surface area contributed by atoms with E-state index in [4.69, 9.17) is 10.5 Å². The molecule has 0 heterocycles. The van der Waals surface area contributed by atoms with Crippen LogP contribution in [-0.4, -0.2) is 21.3 Å². The fourth-order valence-corrected chi connectivity index (χ4v) is 3.30. The van der Waals surface area contributed by atoms with Crippen molar-refractivity contribution in [2.45, 2.75) is 37.5 Å². The Bertz CT molecular complexity index is 483. The molecule has 18 heavy (non-hydrogen) atoms.